The number of esters is 2. The summed E-state index contributed by atoms with van der Waals surface area (Å²) in [7, 11) is 0. The van der Waals surface area contributed by atoms with Gasteiger partial charge in [-0.25, -0.2) is 0 Å². The number of ether oxygens (including phenoxy) is 2. The van der Waals surface area contributed by atoms with Crippen LogP contribution in [0.2, 0.25) is 0 Å². The number of carbonyl (C=O) groups is 3. The van der Waals surface area contributed by atoms with Gasteiger partial charge in [-0.2, -0.15) is 0 Å². The summed E-state index contributed by atoms with van der Waals surface area (Å²) in [6, 6.07) is 4.88. The van der Waals surface area contributed by atoms with Crippen LogP contribution in [0.1, 0.15) is 33.3 Å². The van der Waals surface area contributed by atoms with Gasteiger partial charge in [0.05, 0.1) is 0 Å². The zero-order valence-corrected chi connectivity index (χ0v) is 12.6. The molecule has 0 unspecified atom stereocenters. The van der Waals surface area contributed by atoms with Crippen molar-refractivity contribution in [2.75, 3.05) is 0 Å². The van der Waals surface area contributed by atoms with Gasteiger partial charge in [0.2, 0.25) is 5.91 Å². The van der Waals surface area contributed by atoms with Crippen LogP contribution >= 0.6 is 0 Å². The van der Waals surface area contributed by atoms with Crippen molar-refractivity contribution >= 4 is 17.8 Å². The van der Waals surface area contributed by atoms with Crippen LogP contribution in [0.4, 0.5) is 0 Å². The molecule has 0 spiro atoms. The van der Waals surface area contributed by atoms with E-state index in [9.17, 15) is 14.4 Å². The normalized spacial score (nSPS) is 11.4. The summed E-state index contributed by atoms with van der Waals surface area (Å²) >= 11 is 0. The van der Waals surface area contributed by atoms with E-state index in [1.54, 1.807) is 18.2 Å². The second-order valence-corrected chi connectivity index (χ2v) is 4.77. The van der Waals surface area contributed by atoms with Gasteiger partial charge in [0, 0.05) is 26.8 Å². The Kier molecular flexibility index (Phi) is 5.90. The van der Waals surface area contributed by atoms with E-state index in [0.717, 1.165) is 5.56 Å². The molecular formula is C15H19NO5. The molecule has 0 bridgehead atoms. The summed E-state index contributed by atoms with van der Waals surface area (Å²) < 4.78 is 10.0. The van der Waals surface area contributed by atoms with Gasteiger partial charge in [-0.15, -0.1) is 0 Å². The molecule has 0 fully saturated rings. The number of benzene rings is 1. The molecule has 6 nitrogen and oxygen atoms in total. The van der Waals surface area contributed by atoms with Crippen molar-refractivity contribution < 1.29 is 23.9 Å². The van der Waals surface area contributed by atoms with E-state index >= 15 is 0 Å². The average Bonchev–Trinajstić information content (AvgIpc) is 2.30. The Bertz CT molecular complexity index is 553. The molecule has 0 saturated heterocycles. The largest absolute Gasteiger partial charge is 0.423 e. The van der Waals surface area contributed by atoms with Crippen molar-refractivity contribution in [3.8, 4) is 11.5 Å². The van der Waals surface area contributed by atoms with E-state index in [-0.39, 0.29) is 23.4 Å². The van der Waals surface area contributed by atoms with E-state index in [2.05, 4.69) is 5.32 Å². The highest BCUT2D eigenvalue weighted by atomic mass is 16.6. The molecule has 0 aromatic heterocycles. The first-order valence-corrected chi connectivity index (χ1v) is 6.54. The molecule has 0 radical (unpaired) electrons. The molecule has 6 heteroatoms. The maximum absolute atomic E-state index is 11.1. The molecule has 114 valence electrons. The van der Waals surface area contributed by atoms with Gasteiger partial charge in [-0.3, -0.25) is 14.4 Å². The second kappa shape index (κ2) is 7.42. The van der Waals surface area contributed by atoms with Crippen LogP contribution in [-0.2, 0) is 20.8 Å². The van der Waals surface area contributed by atoms with Crippen LogP contribution in [0, 0.1) is 0 Å². The minimum Gasteiger partial charge on any atom is -0.423 e. The molecule has 0 aliphatic carbocycles. The maximum Gasteiger partial charge on any atom is 0.308 e. The predicted molar refractivity (Wildman–Crippen MR) is 76.0 cm³/mol. The maximum atomic E-state index is 11.1. The Labute approximate surface area is 123 Å². The van der Waals surface area contributed by atoms with E-state index in [1.807, 2.05) is 6.92 Å². The van der Waals surface area contributed by atoms with Crippen molar-refractivity contribution in [2.24, 2.45) is 0 Å². The van der Waals surface area contributed by atoms with E-state index < -0.39 is 11.9 Å². The topological polar surface area (TPSA) is 81.7 Å². The molecule has 1 aromatic rings. The number of hydrogen-bond donors (Lipinski definition) is 1. The molecule has 0 heterocycles. The zero-order valence-electron chi connectivity index (χ0n) is 12.6. The molecule has 21 heavy (non-hydrogen) atoms. The first-order valence-electron chi connectivity index (χ1n) is 6.54. The fourth-order valence-electron chi connectivity index (χ4n) is 1.90. The van der Waals surface area contributed by atoms with Gasteiger partial charge < -0.3 is 14.8 Å². The van der Waals surface area contributed by atoms with Crippen LogP contribution in [0.5, 0.6) is 11.5 Å². The molecule has 1 N–H and O–H groups in total. The third-order valence-electron chi connectivity index (χ3n) is 2.51. The average molecular weight is 293 g/mol. The van der Waals surface area contributed by atoms with Crippen molar-refractivity contribution in [2.45, 2.75) is 40.2 Å². The Morgan fingerprint density at radius 2 is 1.62 bits per heavy atom. The molecular weight excluding hydrogens is 274 g/mol. The lowest BCUT2D eigenvalue weighted by molar-refractivity contribution is -0.134. The van der Waals surface area contributed by atoms with Gasteiger partial charge in [-0.05, 0) is 31.0 Å². The smallest absolute Gasteiger partial charge is 0.308 e. The lowest BCUT2D eigenvalue weighted by atomic mass is 10.1. The first-order chi connectivity index (χ1) is 9.77. The molecule has 1 amide bonds. The van der Waals surface area contributed by atoms with Gasteiger partial charge in [0.25, 0.3) is 0 Å². The van der Waals surface area contributed by atoms with Crippen molar-refractivity contribution in [1.82, 2.24) is 5.32 Å². The van der Waals surface area contributed by atoms with Gasteiger partial charge >= 0.3 is 11.9 Å². The number of rotatable bonds is 5. The second-order valence-electron chi connectivity index (χ2n) is 4.77. The predicted octanol–water partition coefficient (Wildman–Crippen LogP) is 1.60. The first kappa shape index (κ1) is 16.7. The van der Waals surface area contributed by atoms with Crippen molar-refractivity contribution in [3.05, 3.63) is 23.8 Å². The SMILES string of the molecule is CC(=O)N[C@H](C)Cc1ccc(OC(C)=O)c(OC(C)=O)c1. The third kappa shape index (κ3) is 6.07. The highest BCUT2D eigenvalue weighted by molar-refractivity contribution is 5.74. The summed E-state index contributed by atoms with van der Waals surface area (Å²) in [5.41, 5.74) is 0.850. The molecule has 0 aliphatic rings. The summed E-state index contributed by atoms with van der Waals surface area (Å²) in [4.78, 5) is 33.1. The monoisotopic (exact) mass is 293 g/mol. The molecule has 1 atom stereocenters. The van der Waals surface area contributed by atoms with E-state index in [1.165, 1.54) is 20.8 Å². The van der Waals surface area contributed by atoms with E-state index in [0.29, 0.717) is 6.42 Å². The van der Waals surface area contributed by atoms with Gasteiger partial charge in [0.15, 0.2) is 11.5 Å². The number of amides is 1. The standard InChI is InChI=1S/C15H19NO5/c1-9(16-10(2)17)7-13-5-6-14(20-11(3)18)15(8-13)21-12(4)19/h5-6,8-9H,7H2,1-4H3,(H,16,17)/t9-/m1/s1. The molecule has 0 aliphatic heterocycles. The fourth-order valence-corrected chi connectivity index (χ4v) is 1.90. The van der Waals surface area contributed by atoms with Gasteiger partial charge in [-0.1, -0.05) is 6.07 Å². The highest BCUT2D eigenvalue weighted by Crippen LogP contribution is 2.29. The number of carbonyl (C=O) groups excluding carboxylic acids is 3. The van der Waals surface area contributed by atoms with Gasteiger partial charge in [0.1, 0.15) is 0 Å². The summed E-state index contributed by atoms with van der Waals surface area (Å²) in [5, 5.41) is 2.77. The van der Waals surface area contributed by atoms with Crippen LogP contribution < -0.4 is 14.8 Å². The fraction of sp³-hybridized carbons (Fsp3) is 0.400. The van der Waals surface area contributed by atoms with Crippen LogP contribution in [0.3, 0.4) is 0 Å². The minimum atomic E-state index is -0.504. The number of nitrogens with one attached hydrogen (secondary N) is 1. The Morgan fingerprint density at radius 1 is 1.05 bits per heavy atom. The Balaban J connectivity index is 2.94. The molecule has 1 aromatic carbocycles. The summed E-state index contributed by atoms with van der Waals surface area (Å²) in [6.45, 7) is 5.85. The lowest BCUT2D eigenvalue weighted by Gasteiger charge is -2.14. The lowest BCUT2D eigenvalue weighted by Crippen LogP contribution is -2.32. The molecule has 1 rings (SSSR count). The van der Waals surface area contributed by atoms with Crippen LogP contribution in [-0.4, -0.2) is 23.9 Å². The zero-order chi connectivity index (χ0) is 16.0. The van der Waals surface area contributed by atoms with Crippen molar-refractivity contribution in [3.63, 3.8) is 0 Å². The Morgan fingerprint density at radius 3 is 2.14 bits per heavy atom. The van der Waals surface area contributed by atoms with E-state index in [4.69, 9.17) is 9.47 Å². The summed E-state index contributed by atoms with van der Waals surface area (Å²) in [5.74, 6) is -0.740. The molecule has 0 saturated carbocycles. The van der Waals surface area contributed by atoms with Crippen LogP contribution in [0.25, 0.3) is 0 Å². The van der Waals surface area contributed by atoms with Crippen molar-refractivity contribution in [1.29, 1.82) is 0 Å². The third-order valence-corrected chi connectivity index (χ3v) is 2.51. The Hall–Kier alpha value is -2.37. The van der Waals surface area contributed by atoms with Crippen LogP contribution in [0.15, 0.2) is 18.2 Å². The summed E-state index contributed by atoms with van der Waals surface area (Å²) in [6.07, 6.45) is 0.564. The highest BCUT2D eigenvalue weighted by Gasteiger charge is 2.13. The minimum absolute atomic E-state index is 0.0627. The number of hydrogen-bond acceptors (Lipinski definition) is 5. The quantitative estimate of drug-likeness (QED) is 0.658.